The highest BCUT2D eigenvalue weighted by molar-refractivity contribution is 5.20. The molecule has 0 saturated heterocycles. The first-order valence-electron chi connectivity index (χ1n) is 3.90. The Kier molecular flexibility index (Phi) is 3.19. The molecule has 0 bridgehead atoms. The number of rotatable bonds is 3. The summed E-state index contributed by atoms with van der Waals surface area (Å²) < 4.78 is 13.1. The normalized spacial score (nSPS) is 12.9. The van der Waals surface area contributed by atoms with Gasteiger partial charge in [0.2, 0.25) is 0 Å². The van der Waals surface area contributed by atoms with E-state index in [0.29, 0.717) is 12.1 Å². The highest BCUT2D eigenvalue weighted by Crippen LogP contribution is 2.13. The maximum atomic E-state index is 13.1. The standard InChI is InChI=1S/C9H13FN2/c1-12-6-9(11)7-4-2-3-5-8(7)10/h2-5,9,12H,6,11H2,1H3. The van der Waals surface area contributed by atoms with Gasteiger partial charge in [-0.05, 0) is 13.1 Å². The van der Waals surface area contributed by atoms with E-state index in [2.05, 4.69) is 5.32 Å². The second-order valence-electron chi connectivity index (χ2n) is 2.69. The molecule has 0 saturated carbocycles. The van der Waals surface area contributed by atoms with Crippen molar-refractivity contribution >= 4 is 0 Å². The molecule has 2 nitrogen and oxygen atoms in total. The van der Waals surface area contributed by atoms with Crippen LogP contribution in [0.1, 0.15) is 11.6 Å². The van der Waals surface area contributed by atoms with Crippen LogP contribution in [0, 0.1) is 5.82 Å². The molecule has 1 aromatic carbocycles. The van der Waals surface area contributed by atoms with Crippen LogP contribution in [-0.4, -0.2) is 13.6 Å². The Bertz CT molecular complexity index is 250. The molecular formula is C9H13FN2. The molecule has 0 aliphatic carbocycles. The molecule has 1 unspecified atom stereocenters. The van der Waals surface area contributed by atoms with E-state index in [4.69, 9.17) is 5.73 Å². The number of benzene rings is 1. The lowest BCUT2D eigenvalue weighted by Gasteiger charge is -2.11. The minimum atomic E-state index is -0.267. The lowest BCUT2D eigenvalue weighted by atomic mass is 10.1. The van der Waals surface area contributed by atoms with Crippen molar-refractivity contribution in [2.24, 2.45) is 5.73 Å². The zero-order valence-electron chi connectivity index (χ0n) is 7.05. The van der Waals surface area contributed by atoms with Gasteiger partial charge in [0, 0.05) is 18.2 Å². The van der Waals surface area contributed by atoms with Crippen molar-refractivity contribution in [2.75, 3.05) is 13.6 Å². The Balaban J connectivity index is 2.79. The maximum absolute atomic E-state index is 13.1. The minimum absolute atomic E-state index is 0.236. The van der Waals surface area contributed by atoms with Crippen LogP contribution < -0.4 is 11.1 Å². The van der Waals surface area contributed by atoms with Crippen molar-refractivity contribution in [1.29, 1.82) is 0 Å². The van der Waals surface area contributed by atoms with Crippen molar-refractivity contribution in [3.63, 3.8) is 0 Å². The molecule has 1 atom stereocenters. The first kappa shape index (κ1) is 9.16. The number of hydrogen-bond acceptors (Lipinski definition) is 2. The molecule has 0 fully saturated rings. The van der Waals surface area contributed by atoms with E-state index < -0.39 is 0 Å². The summed E-state index contributed by atoms with van der Waals surface area (Å²) in [6.07, 6.45) is 0. The largest absolute Gasteiger partial charge is 0.323 e. The number of hydrogen-bond donors (Lipinski definition) is 2. The molecule has 0 aliphatic rings. The van der Waals surface area contributed by atoms with E-state index in [1.165, 1.54) is 6.07 Å². The van der Waals surface area contributed by atoms with Crippen LogP contribution in [0.15, 0.2) is 24.3 Å². The summed E-state index contributed by atoms with van der Waals surface area (Å²) in [5.74, 6) is -0.236. The summed E-state index contributed by atoms with van der Waals surface area (Å²) in [7, 11) is 1.79. The van der Waals surface area contributed by atoms with E-state index in [9.17, 15) is 4.39 Å². The average molecular weight is 168 g/mol. The van der Waals surface area contributed by atoms with Gasteiger partial charge in [-0.2, -0.15) is 0 Å². The SMILES string of the molecule is CNCC(N)c1ccccc1F. The van der Waals surface area contributed by atoms with Crippen LogP contribution >= 0.6 is 0 Å². The summed E-state index contributed by atoms with van der Waals surface area (Å²) in [6.45, 7) is 0.584. The Morgan fingerprint density at radius 1 is 1.50 bits per heavy atom. The van der Waals surface area contributed by atoms with Crippen molar-refractivity contribution in [3.8, 4) is 0 Å². The van der Waals surface area contributed by atoms with Gasteiger partial charge in [-0.3, -0.25) is 0 Å². The molecule has 0 amide bonds. The highest BCUT2D eigenvalue weighted by atomic mass is 19.1. The summed E-state index contributed by atoms with van der Waals surface area (Å²) in [4.78, 5) is 0. The van der Waals surface area contributed by atoms with Gasteiger partial charge >= 0.3 is 0 Å². The summed E-state index contributed by atoms with van der Waals surface area (Å²) >= 11 is 0. The Morgan fingerprint density at radius 3 is 2.75 bits per heavy atom. The highest BCUT2D eigenvalue weighted by Gasteiger charge is 2.08. The zero-order chi connectivity index (χ0) is 8.97. The van der Waals surface area contributed by atoms with Crippen molar-refractivity contribution in [1.82, 2.24) is 5.32 Å². The minimum Gasteiger partial charge on any atom is -0.323 e. The van der Waals surface area contributed by atoms with Gasteiger partial charge in [-0.15, -0.1) is 0 Å². The molecule has 12 heavy (non-hydrogen) atoms. The second kappa shape index (κ2) is 4.18. The van der Waals surface area contributed by atoms with E-state index in [1.54, 1.807) is 25.2 Å². The van der Waals surface area contributed by atoms with Crippen LogP contribution in [0.2, 0.25) is 0 Å². The van der Waals surface area contributed by atoms with Gasteiger partial charge in [-0.25, -0.2) is 4.39 Å². The molecule has 0 spiro atoms. The van der Waals surface area contributed by atoms with Gasteiger partial charge in [0.1, 0.15) is 5.82 Å². The maximum Gasteiger partial charge on any atom is 0.128 e. The Hall–Kier alpha value is -0.930. The topological polar surface area (TPSA) is 38.0 Å². The average Bonchev–Trinajstić information content (AvgIpc) is 2.05. The van der Waals surface area contributed by atoms with Crippen LogP contribution in [-0.2, 0) is 0 Å². The molecule has 0 heterocycles. The number of nitrogens with two attached hydrogens (primary N) is 1. The number of likely N-dealkylation sites (N-methyl/N-ethyl adjacent to an activating group) is 1. The number of halogens is 1. The first-order valence-corrected chi connectivity index (χ1v) is 3.90. The predicted molar refractivity (Wildman–Crippen MR) is 47.3 cm³/mol. The summed E-state index contributed by atoms with van der Waals surface area (Å²) in [5, 5.41) is 2.90. The van der Waals surface area contributed by atoms with Gasteiger partial charge in [0.25, 0.3) is 0 Å². The summed E-state index contributed by atoms with van der Waals surface area (Å²) in [6, 6.07) is 6.30. The molecule has 66 valence electrons. The van der Waals surface area contributed by atoms with E-state index in [1.807, 2.05) is 0 Å². The fourth-order valence-corrected chi connectivity index (χ4v) is 1.11. The van der Waals surface area contributed by atoms with Crippen LogP contribution in [0.25, 0.3) is 0 Å². The smallest absolute Gasteiger partial charge is 0.128 e. The van der Waals surface area contributed by atoms with Crippen molar-refractivity contribution in [3.05, 3.63) is 35.6 Å². The molecule has 0 aliphatic heterocycles. The molecule has 1 aromatic rings. The molecule has 0 radical (unpaired) electrons. The molecular weight excluding hydrogens is 155 g/mol. The van der Waals surface area contributed by atoms with E-state index in [0.717, 1.165) is 0 Å². The summed E-state index contributed by atoms with van der Waals surface area (Å²) in [5.41, 5.74) is 6.27. The zero-order valence-corrected chi connectivity index (χ0v) is 7.05. The van der Waals surface area contributed by atoms with E-state index >= 15 is 0 Å². The molecule has 0 aromatic heterocycles. The Labute approximate surface area is 71.6 Å². The van der Waals surface area contributed by atoms with Crippen molar-refractivity contribution < 1.29 is 4.39 Å². The first-order chi connectivity index (χ1) is 5.75. The predicted octanol–water partition coefficient (Wildman–Crippen LogP) is 1.04. The fraction of sp³-hybridized carbons (Fsp3) is 0.333. The van der Waals surface area contributed by atoms with Gasteiger partial charge in [0.15, 0.2) is 0 Å². The van der Waals surface area contributed by atoms with Crippen LogP contribution in [0.4, 0.5) is 4.39 Å². The quantitative estimate of drug-likeness (QED) is 0.707. The fourth-order valence-electron chi connectivity index (χ4n) is 1.11. The molecule has 3 N–H and O–H groups in total. The number of nitrogens with one attached hydrogen (secondary N) is 1. The second-order valence-corrected chi connectivity index (χ2v) is 2.69. The molecule has 3 heteroatoms. The lowest BCUT2D eigenvalue weighted by molar-refractivity contribution is 0.568. The van der Waals surface area contributed by atoms with Gasteiger partial charge < -0.3 is 11.1 Å². The van der Waals surface area contributed by atoms with Crippen LogP contribution in [0.3, 0.4) is 0 Å². The van der Waals surface area contributed by atoms with Gasteiger partial charge in [0.05, 0.1) is 0 Å². The van der Waals surface area contributed by atoms with Gasteiger partial charge in [-0.1, -0.05) is 18.2 Å². The third-order valence-electron chi connectivity index (χ3n) is 1.73. The third kappa shape index (κ3) is 2.03. The monoisotopic (exact) mass is 168 g/mol. The van der Waals surface area contributed by atoms with Crippen LogP contribution in [0.5, 0.6) is 0 Å². The third-order valence-corrected chi connectivity index (χ3v) is 1.73. The Morgan fingerprint density at radius 2 is 2.17 bits per heavy atom. The van der Waals surface area contributed by atoms with E-state index in [-0.39, 0.29) is 11.9 Å². The van der Waals surface area contributed by atoms with Crippen molar-refractivity contribution in [2.45, 2.75) is 6.04 Å². The lowest BCUT2D eigenvalue weighted by Crippen LogP contribution is -2.24. The molecule has 1 rings (SSSR count).